The number of hydrogen-bond donors (Lipinski definition) is 0. The van der Waals surface area contributed by atoms with Crippen molar-refractivity contribution in [3.63, 3.8) is 0 Å². The molecule has 0 saturated carbocycles. The van der Waals surface area contributed by atoms with E-state index in [1.165, 1.54) is 18.2 Å². The molecule has 1 saturated heterocycles. The molecule has 0 spiro atoms. The molecule has 33 heavy (non-hydrogen) atoms. The number of rotatable bonds is 2. The van der Waals surface area contributed by atoms with Gasteiger partial charge in [0.05, 0.1) is 11.1 Å². The van der Waals surface area contributed by atoms with E-state index in [2.05, 4.69) is 0 Å². The second-order valence-electron chi connectivity index (χ2n) is 9.32. The molecule has 2 heterocycles. The molecular formula is C25H25ClF3NO3. The van der Waals surface area contributed by atoms with Gasteiger partial charge in [0.25, 0.3) is 5.92 Å². The molecule has 1 fully saturated rings. The second-order valence-corrected chi connectivity index (χ2v) is 9.76. The Bertz CT molecular complexity index is 1100. The number of para-hydroxylation sites is 1. The van der Waals surface area contributed by atoms with Crippen molar-refractivity contribution in [1.82, 2.24) is 4.90 Å². The number of alkyl halides is 2. The fourth-order valence-corrected chi connectivity index (χ4v) is 4.31. The summed E-state index contributed by atoms with van der Waals surface area (Å²) in [6.45, 7) is 6.29. The van der Waals surface area contributed by atoms with Crippen molar-refractivity contribution in [3.8, 4) is 5.75 Å². The summed E-state index contributed by atoms with van der Waals surface area (Å²) in [5.41, 5.74) is -0.311. The van der Waals surface area contributed by atoms with Gasteiger partial charge in [-0.2, -0.15) is 8.78 Å². The number of halogens is 4. The Hall–Kier alpha value is -2.67. The maximum Gasteiger partial charge on any atom is 0.410 e. The van der Waals surface area contributed by atoms with Gasteiger partial charge in [0, 0.05) is 24.2 Å². The minimum atomic E-state index is -3.33. The van der Waals surface area contributed by atoms with Gasteiger partial charge >= 0.3 is 6.09 Å². The average molecular weight is 480 g/mol. The van der Waals surface area contributed by atoms with Crippen LogP contribution in [0, 0.1) is 5.82 Å². The van der Waals surface area contributed by atoms with E-state index in [4.69, 9.17) is 21.1 Å². The quantitative estimate of drug-likeness (QED) is 0.460. The molecule has 2 aromatic carbocycles. The number of allylic oxidation sites excluding steroid dienone is 1. The molecule has 0 unspecified atom stereocenters. The third-order valence-electron chi connectivity index (χ3n) is 5.71. The van der Waals surface area contributed by atoms with Crippen LogP contribution in [0.3, 0.4) is 0 Å². The topological polar surface area (TPSA) is 38.8 Å². The van der Waals surface area contributed by atoms with Crippen LogP contribution < -0.4 is 4.74 Å². The number of hydrogen-bond acceptors (Lipinski definition) is 3. The minimum Gasteiger partial charge on any atom is -0.456 e. The molecule has 2 aliphatic heterocycles. The maximum absolute atomic E-state index is 15.0. The Morgan fingerprint density at radius 3 is 2.52 bits per heavy atom. The van der Waals surface area contributed by atoms with Crippen LogP contribution in [0.4, 0.5) is 18.0 Å². The van der Waals surface area contributed by atoms with Gasteiger partial charge in [-0.25, -0.2) is 9.18 Å². The van der Waals surface area contributed by atoms with Crippen LogP contribution in [-0.4, -0.2) is 29.7 Å². The van der Waals surface area contributed by atoms with Crippen molar-refractivity contribution >= 4 is 23.5 Å². The van der Waals surface area contributed by atoms with E-state index in [0.29, 0.717) is 37.6 Å². The molecule has 0 bridgehead atoms. The zero-order valence-corrected chi connectivity index (χ0v) is 19.4. The van der Waals surface area contributed by atoms with Crippen LogP contribution in [0.2, 0.25) is 5.02 Å². The highest BCUT2D eigenvalue weighted by Crippen LogP contribution is 2.48. The summed E-state index contributed by atoms with van der Waals surface area (Å²) >= 11 is 5.80. The molecule has 0 aliphatic carbocycles. The molecule has 1 amide bonds. The Morgan fingerprint density at radius 1 is 1.18 bits per heavy atom. The molecule has 0 radical (unpaired) electrons. The highest BCUT2D eigenvalue weighted by molar-refractivity contribution is 6.30. The number of ether oxygens (including phenoxy) is 2. The summed E-state index contributed by atoms with van der Waals surface area (Å²) in [4.78, 5) is 14.0. The van der Waals surface area contributed by atoms with Gasteiger partial charge in [0.1, 0.15) is 22.9 Å². The number of carbonyl (C=O) groups is 1. The lowest BCUT2D eigenvalue weighted by Crippen LogP contribution is -2.41. The fourth-order valence-electron chi connectivity index (χ4n) is 4.16. The summed E-state index contributed by atoms with van der Waals surface area (Å²) in [5, 5.41) is 0.164. The zero-order chi connectivity index (χ0) is 24.0. The van der Waals surface area contributed by atoms with E-state index in [0.717, 1.165) is 6.07 Å². The lowest BCUT2D eigenvalue weighted by Gasteiger charge is -2.35. The van der Waals surface area contributed by atoms with Crippen molar-refractivity contribution in [2.75, 3.05) is 13.1 Å². The van der Waals surface area contributed by atoms with Crippen molar-refractivity contribution in [2.45, 2.75) is 51.1 Å². The number of amides is 1. The zero-order valence-electron chi connectivity index (χ0n) is 18.6. The lowest BCUT2D eigenvalue weighted by molar-refractivity contribution is 0.0204. The molecule has 0 aromatic heterocycles. The first-order valence-electron chi connectivity index (χ1n) is 10.8. The third kappa shape index (κ3) is 4.98. The first-order valence-corrected chi connectivity index (χ1v) is 11.2. The molecular weight excluding hydrogens is 455 g/mol. The number of nitrogens with zero attached hydrogens (tertiary/aromatic N) is 1. The number of carbonyl (C=O) groups excluding carboxylic acids is 1. The summed E-state index contributed by atoms with van der Waals surface area (Å²) in [5.74, 6) is -4.37. The van der Waals surface area contributed by atoms with Crippen LogP contribution in [0.1, 0.15) is 56.2 Å². The van der Waals surface area contributed by atoms with Gasteiger partial charge in [-0.3, -0.25) is 0 Å². The smallest absolute Gasteiger partial charge is 0.410 e. The highest BCUT2D eigenvalue weighted by Gasteiger charge is 2.40. The van der Waals surface area contributed by atoms with E-state index in [1.54, 1.807) is 37.8 Å². The van der Waals surface area contributed by atoms with Gasteiger partial charge in [0.2, 0.25) is 0 Å². The summed E-state index contributed by atoms with van der Waals surface area (Å²) < 4.78 is 55.9. The Labute approximate surface area is 195 Å². The first kappa shape index (κ1) is 23.5. The molecule has 4 rings (SSSR count). The van der Waals surface area contributed by atoms with E-state index < -0.39 is 17.3 Å². The number of likely N-dealkylation sites (tertiary alicyclic amines) is 1. The van der Waals surface area contributed by atoms with Crippen LogP contribution in [-0.2, 0) is 10.7 Å². The summed E-state index contributed by atoms with van der Waals surface area (Å²) in [6, 6.07) is 8.47. The van der Waals surface area contributed by atoms with Crippen LogP contribution in [0.25, 0.3) is 5.76 Å². The number of fused-ring (bicyclic) bond motifs is 1. The molecule has 0 atom stereocenters. The number of piperidine rings is 1. The Balaban J connectivity index is 1.59. The standard InChI is InChI=1S/C25H25ClF3NO3/c1-24(2,3)33-23(31)30-11-9-15(10-12-30)17-5-4-6-19-22(17)32-21(14-25(19,28)29)18-8-7-16(26)13-20(18)27/h4-8,13-15H,9-12H2,1-3H3. The molecule has 2 aromatic rings. The van der Waals surface area contributed by atoms with E-state index in [-0.39, 0.29) is 39.7 Å². The minimum absolute atomic E-state index is 0.0464. The highest BCUT2D eigenvalue weighted by atomic mass is 35.5. The molecule has 176 valence electrons. The fraction of sp³-hybridized carbons (Fsp3) is 0.400. The van der Waals surface area contributed by atoms with Crippen molar-refractivity contribution in [3.05, 3.63) is 70.0 Å². The SMILES string of the molecule is CC(C)(C)OC(=O)N1CCC(c2cccc3c2OC(c2ccc(Cl)cc2F)=CC3(F)F)CC1. The average Bonchev–Trinajstić information content (AvgIpc) is 2.72. The van der Waals surface area contributed by atoms with Gasteiger partial charge in [0.15, 0.2) is 0 Å². The molecule has 2 aliphatic rings. The normalized spacial score (nSPS) is 18.3. The van der Waals surface area contributed by atoms with Crippen molar-refractivity contribution in [1.29, 1.82) is 0 Å². The largest absolute Gasteiger partial charge is 0.456 e. The second kappa shape index (κ2) is 8.60. The van der Waals surface area contributed by atoms with E-state index >= 15 is 8.78 Å². The maximum atomic E-state index is 15.0. The Kier molecular flexibility index (Phi) is 6.12. The van der Waals surface area contributed by atoms with E-state index in [1.807, 2.05) is 0 Å². The molecule has 8 heteroatoms. The van der Waals surface area contributed by atoms with E-state index in [9.17, 15) is 9.18 Å². The summed E-state index contributed by atoms with van der Waals surface area (Å²) in [7, 11) is 0. The van der Waals surface area contributed by atoms with Gasteiger partial charge in [-0.05, 0) is 69.4 Å². The molecule has 4 nitrogen and oxygen atoms in total. The first-order chi connectivity index (χ1) is 15.4. The van der Waals surface area contributed by atoms with Crippen LogP contribution in [0.5, 0.6) is 5.75 Å². The predicted octanol–water partition coefficient (Wildman–Crippen LogP) is 7.12. The molecule has 0 N–H and O–H groups in total. The monoisotopic (exact) mass is 479 g/mol. The lowest BCUT2D eigenvalue weighted by atomic mass is 9.86. The van der Waals surface area contributed by atoms with Gasteiger partial charge in [-0.15, -0.1) is 0 Å². The van der Waals surface area contributed by atoms with Crippen LogP contribution >= 0.6 is 11.6 Å². The predicted molar refractivity (Wildman–Crippen MR) is 120 cm³/mol. The van der Waals surface area contributed by atoms with Crippen molar-refractivity contribution in [2.24, 2.45) is 0 Å². The van der Waals surface area contributed by atoms with Gasteiger partial charge < -0.3 is 14.4 Å². The van der Waals surface area contributed by atoms with Crippen LogP contribution in [0.15, 0.2) is 42.5 Å². The Morgan fingerprint density at radius 2 is 1.88 bits per heavy atom. The number of benzene rings is 2. The third-order valence-corrected chi connectivity index (χ3v) is 5.95. The van der Waals surface area contributed by atoms with Crippen molar-refractivity contribution < 1.29 is 27.4 Å². The summed E-state index contributed by atoms with van der Waals surface area (Å²) in [6.07, 6.45) is 1.39. The van der Waals surface area contributed by atoms with Gasteiger partial charge in [-0.1, -0.05) is 23.7 Å².